The number of fused-ring (bicyclic) bond motifs is 13. The maximum Gasteiger partial charge on any atom is 0.0726 e. The first-order valence-corrected chi connectivity index (χ1v) is 24.2. The minimum atomic E-state index is -0.479. The first kappa shape index (κ1) is 39.4. The predicted octanol–water partition coefficient (Wildman–Crippen LogP) is 16.9. The summed E-state index contributed by atoms with van der Waals surface area (Å²) >= 11 is 0. The molecule has 0 amide bonds. The molecule has 1 aliphatic heterocycles. The van der Waals surface area contributed by atoms with Crippen molar-refractivity contribution in [3.05, 3.63) is 300 Å². The van der Waals surface area contributed by atoms with Gasteiger partial charge in [-0.15, -0.1) is 0 Å². The number of hydrogen-bond donors (Lipinski definition) is 0. The van der Waals surface area contributed by atoms with Crippen molar-refractivity contribution in [2.24, 2.45) is 0 Å². The van der Waals surface area contributed by atoms with E-state index in [2.05, 4.69) is 277 Å². The molecule has 14 rings (SSSR count). The Morgan fingerprint density at radius 2 is 0.855 bits per heavy atom. The van der Waals surface area contributed by atoms with Gasteiger partial charge in [-0.3, -0.25) is 0 Å². The lowest BCUT2D eigenvalue weighted by atomic mass is 9.70. The normalized spacial score (nSPS) is 16.2. The van der Waals surface area contributed by atoms with E-state index in [1.165, 1.54) is 89.3 Å². The zero-order valence-electron chi connectivity index (χ0n) is 38.0. The van der Waals surface area contributed by atoms with Crippen molar-refractivity contribution in [3.8, 4) is 55.6 Å². The predicted molar refractivity (Wildman–Crippen MR) is 286 cm³/mol. The summed E-state index contributed by atoms with van der Waals surface area (Å²) in [6, 6.07) is 92.2. The molecular formula is C67H46N2. The third-order valence-corrected chi connectivity index (χ3v) is 15.2. The molecule has 0 aromatic heterocycles. The van der Waals surface area contributed by atoms with Gasteiger partial charge in [-0.2, -0.15) is 0 Å². The molecule has 10 aromatic carbocycles. The summed E-state index contributed by atoms with van der Waals surface area (Å²) in [4.78, 5) is 5.10. The van der Waals surface area contributed by atoms with Gasteiger partial charge in [0, 0.05) is 34.2 Å². The molecule has 1 heterocycles. The van der Waals surface area contributed by atoms with E-state index in [1.54, 1.807) is 0 Å². The van der Waals surface area contributed by atoms with Gasteiger partial charge in [-0.25, -0.2) is 0 Å². The Labute approximate surface area is 404 Å². The average molecular weight is 879 g/mol. The molecule has 0 radical (unpaired) electrons. The van der Waals surface area contributed by atoms with Crippen LogP contribution >= 0.6 is 0 Å². The minimum absolute atomic E-state index is 0.0584. The molecule has 0 saturated heterocycles. The highest BCUT2D eigenvalue weighted by Crippen LogP contribution is 2.63. The Balaban J connectivity index is 1.02. The molecular weight excluding hydrogens is 833 g/mol. The van der Waals surface area contributed by atoms with Crippen LogP contribution < -0.4 is 9.80 Å². The van der Waals surface area contributed by atoms with Crippen LogP contribution in [-0.4, -0.2) is 6.04 Å². The maximum absolute atomic E-state index is 2.55. The topological polar surface area (TPSA) is 6.48 Å². The second-order valence-electron chi connectivity index (χ2n) is 18.7. The molecule has 3 aliphatic carbocycles. The second-order valence-corrected chi connectivity index (χ2v) is 18.7. The third-order valence-electron chi connectivity index (χ3n) is 15.2. The molecule has 69 heavy (non-hydrogen) atoms. The summed E-state index contributed by atoms with van der Waals surface area (Å²) in [7, 11) is 0. The Morgan fingerprint density at radius 3 is 1.51 bits per heavy atom. The number of benzene rings is 10. The van der Waals surface area contributed by atoms with Crippen molar-refractivity contribution in [1.29, 1.82) is 0 Å². The SMILES string of the molecule is C1=CC2c3ccccc3N(c3ccccc3)C2C=C1N(c1ccc2c(c1)C1(c3ccccc3-c3ccccc31)c1ccccc1-2)c1ccccc1-c1ccccc1-c1ccccc1-c1ccccc1. The lowest BCUT2D eigenvalue weighted by Gasteiger charge is -2.36. The van der Waals surface area contributed by atoms with Gasteiger partial charge in [-0.05, 0) is 126 Å². The number of anilines is 4. The smallest absolute Gasteiger partial charge is 0.0726 e. The summed E-state index contributed by atoms with van der Waals surface area (Å²) in [5.41, 5.74) is 24.4. The molecule has 2 atom stereocenters. The van der Waals surface area contributed by atoms with Crippen LogP contribution in [0.15, 0.2) is 273 Å². The van der Waals surface area contributed by atoms with Crippen molar-refractivity contribution >= 4 is 22.7 Å². The largest absolute Gasteiger partial charge is 0.333 e. The van der Waals surface area contributed by atoms with Crippen LogP contribution in [0.5, 0.6) is 0 Å². The Bertz CT molecular complexity index is 3650. The first-order valence-electron chi connectivity index (χ1n) is 24.2. The van der Waals surface area contributed by atoms with Crippen molar-refractivity contribution in [1.82, 2.24) is 0 Å². The molecule has 2 unspecified atom stereocenters. The van der Waals surface area contributed by atoms with Gasteiger partial charge in [0.1, 0.15) is 0 Å². The number of para-hydroxylation sites is 3. The number of nitrogens with zero attached hydrogens (tertiary/aromatic N) is 2. The lowest BCUT2D eigenvalue weighted by Crippen LogP contribution is -2.31. The Morgan fingerprint density at radius 1 is 0.377 bits per heavy atom. The summed E-state index contributed by atoms with van der Waals surface area (Å²) in [5, 5.41) is 0. The van der Waals surface area contributed by atoms with Gasteiger partial charge in [0.05, 0.1) is 17.1 Å². The minimum Gasteiger partial charge on any atom is -0.333 e. The van der Waals surface area contributed by atoms with E-state index in [9.17, 15) is 0 Å². The lowest BCUT2D eigenvalue weighted by molar-refractivity contribution is 0.735. The van der Waals surface area contributed by atoms with Crippen LogP contribution in [0.3, 0.4) is 0 Å². The molecule has 2 heteroatoms. The maximum atomic E-state index is 2.55. The Hall–Kier alpha value is -8.72. The number of allylic oxidation sites excluding steroid dienone is 1. The molecule has 4 aliphatic rings. The van der Waals surface area contributed by atoms with Crippen LogP contribution in [0.1, 0.15) is 33.7 Å². The van der Waals surface area contributed by atoms with E-state index in [0.29, 0.717) is 0 Å². The fourth-order valence-electron chi connectivity index (χ4n) is 12.5. The van der Waals surface area contributed by atoms with Gasteiger partial charge in [0.2, 0.25) is 0 Å². The highest BCUT2D eigenvalue weighted by atomic mass is 15.2. The molecule has 10 aromatic rings. The molecule has 1 spiro atoms. The van der Waals surface area contributed by atoms with E-state index in [4.69, 9.17) is 0 Å². The summed E-state index contributed by atoms with van der Waals surface area (Å²) in [6.07, 6.45) is 7.37. The van der Waals surface area contributed by atoms with Gasteiger partial charge in [0.25, 0.3) is 0 Å². The van der Waals surface area contributed by atoms with Crippen LogP contribution in [0.2, 0.25) is 0 Å². The van der Waals surface area contributed by atoms with Gasteiger partial charge >= 0.3 is 0 Å². The third kappa shape index (κ3) is 5.85. The van der Waals surface area contributed by atoms with Crippen LogP contribution in [0, 0.1) is 0 Å². The molecule has 2 nitrogen and oxygen atoms in total. The first-order chi connectivity index (χ1) is 34.3. The average Bonchev–Trinajstić information content (AvgIpc) is 4.03. The van der Waals surface area contributed by atoms with Crippen LogP contribution in [0.25, 0.3) is 55.6 Å². The van der Waals surface area contributed by atoms with E-state index in [-0.39, 0.29) is 12.0 Å². The molecule has 0 saturated carbocycles. The van der Waals surface area contributed by atoms with E-state index in [0.717, 1.165) is 22.6 Å². The summed E-state index contributed by atoms with van der Waals surface area (Å²) in [5.74, 6) is 0.196. The summed E-state index contributed by atoms with van der Waals surface area (Å²) < 4.78 is 0. The van der Waals surface area contributed by atoms with Crippen molar-refractivity contribution in [2.75, 3.05) is 9.80 Å². The Kier molecular flexibility index (Phi) is 8.97. The van der Waals surface area contributed by atoms with Crippen molar-refractivity contribution in [2.45, 2.75) is 17.4 Å². The summed E-state index contributed by atoms with van der Waals surface area (Å²) in [6.45, 7) is 0. The highest BCUT2D eigenvalue weighted by Gasteiger charge is 2.52. The molecule has 324 valence electrons. The highest BCUT2D eigenvalue weighted by molar-refractivity contribution is 5.99. The standard InChI is InChI=1S/C67H46N2/c1-3-21-45(22-4-1)49-25-7-8-26-50(49)51-27-9-10-28-52(51)57-32-14-19-37-64(57)68(48-40-42-59-58-33-15-20-38-65(58)69(66(59)44-48)46-23-5-2-6-24-46)47-39-41-56-55-31-13-18-36-62(55)67(63(56)43-47)60-34-16-11-29-53(60)54-30-12-17-35-61(54)67/h1-44,59,66H. The van der Waals surface area contributed by atoms with Crippen LogP contribution in [-0.2, 0) is 5.41 Å². The molecule has 0 bridgehead atoms. The number of rotatable bonds is 7. The van der Waals surface area contributed by atoms with Gasteiger partial charge in [0.15, 0.2) is 0 Å². The fraction of sp³-hybridized carbons (Fsp3) is 0.0448. The molecule has 0 N–H and O–H groups in total. The molecule has 0 fully saturated rings. The van der Waals surface area contributed by atoms with Gasteiger partial charge in [-0.1, -0.05) is 218 Å². The van der Waals surface area contributed by atoms with Crippen molar-refractivity contribution in [3.63, 3.8) is 0 Å². The zero-order valence-corrected chi connectivity index (χ0v) is 38.0. The van der Waals surface area contributed by atoms with E-state index in [1.807, 2.05) is 0 Å². The van der Waals surface area contributed by atoms with E-state index >= 15 is 0 Å². The van der Waals surface area contributed by atoms with E-state index < -0.39 is 5.41 Å². The number of hydrogen-bond acceptors (Lipinski definition) is 2. The zero-order chi connectivity index (χ0) is 45.5. The fourth-order valence-corrected chi connectivity index (χ4v) is 12.5. The van der Waals surface area contributed by atoms with Crippen molar-refractivity contribution < 1.29 is 0 Å². The van der Waals surface area contributed by atoms with Gasteiger partial charge < -0.3 is 9.80 Å². The monoisotopic (exact) mass is 878 g/mol. The quantitative estimate of drug-likeness (QED) is 0.157. The van der Waals surface area contributed by atoms with Crippen LogP contribution in [0.4, 0.5) is 22.7 Å². The second kappa shape index (κ2) is 15.7.